The zero-order valence-corrected chi connectivity index (χ0v) is 14.7. The maximum Gasteiger partial charge on any atom is 0.387 e. The van der Waals surface area contributed by atoms with Crippen LogP contribution >= 0.6 is 11.8 Å². The van der Waals surface area contributed by atoms with Gasteiger partial charge in [0.05, 0.1) is 5.70 Å². The van der Waals surface area contributed by atoms with Crippen molar-refractivity contribution < 1.29 is 18.3 Å². The number of benzene rings is 2. The van der Waals surface area contributed by atoms with E-state index in [2.05, 4.69) is 20.4 Å². The minimum absolute atomic E-state index is 0.111. The van der Waals surface area contributed by atoms with Crippen LogP contribution in [0.15, 0.2) is 65.2 Å². The molecule has 6 nitrogen and oxygen atoms in total. The highest BCUT2D eigenvalue weighted by atomic mass is 32.2. The van der Waals surface area contributed by atoms with E-state index >= 15 is 0 Å². The SMILES string of the molecule is FC(F)Oc1ccc(C2=CSc3nnc(COc4ccccc4)n3N2)cc1. The summed E-state index contributed by atoms with van der Waals surface area (Å²) in [5, 5.41) is 10.9. The number of para-hydroxylation sites is 1. The number of halogens is 2. The summed E-state index contributed by atoms with van der Waals surface area (Å²) in [6, 6.07) is 15.8. The van der Waals surface area contributed by atoms with Crippen molar-refractivity contribution in [3.63, 3.8) is 0 Å². The highest BCUT2D eigenvalue weighted by Crippen LogP contribution is 2.29. The van der Waals surface area contributed by atoms with Crippen molar-refractivity contribution in [3.8, 4) is 11.5 Å². The first-order valence-corrected chi connectivity index (χ1v) is 8.88. The smallest absolute Gasteiger partial charge is 0.387 e. The van der Waals surface area contributed by atoms with Gasteiger partial charge >= 0.3 is 6.61 Å². The lowest BCUT2D eigenvalue weighted by Crippen LogP contribution is -2.20. The molecule has 0 radical (unpaired) electrons. The zero-order valence-electron chi connectivity index (χ0n) is 13.9. The van der Waals surface area contributed by atoms with Gasteiger partial charge in [-0.1, -0.05) is 30.0 Å². The molecule has 27 heavy (non-hydrogen) atoms. The number of thioether (sulfide) groups is 1. The molecular weight excluding hydrogens is 374 g/mol. The summed E-state index contributed by atoms with van der Waals surface area (Å²) in [4.78, 5) is 0. The molecule has 0 saturated carbocycles. The van der Waals surface area contributed by atoms with Gasteiger partial charge in [0.2, 0.25) is 5.16 Å². The molecular formula is C18H14F2N4O2S. The summed E-state index contributed by atoms with van der Waals surface area (Å²) in [5.74, 6) is 1.47. The van der Waals surface area contributed by atoms with Crippen LogP contribution in [-0.2, 0) is 6.61 Å². The summed E-state index contributed by atoms with van der Waals surface area (Å²) in [7, 11) is 0. The Morgan fingerprint density at radius 2 is 1.78 bits per heavy atom. The van der Waals surface area contributed by atoms with Crippen molar-refractivity contribution in [1.29, 1.82) is 0 Å². The van der Waals surface area contributed by atoms with Crippen LogP contribution in [0.4, 0.5) is 8.78 Å². The van der Waals surface area contributed by atoms with Crippen LogP contribution in [0.2, 0.25) is 0 Å². The Morgan fingerprint density at radius 3 is 2.52 bits per heavy atom. The number of rotatable bonds is 6. The first-order valence-electron chi connectivity index (χ1n) is 8.00. The maximum atomic E-state index is 12.3. The van der Waals surface area contributed by atoms with Gasteiger partial charge in [-0.2, -0.15) is 8.78 Å². The van der Waals surface area contributed by atoms with E-state index in [-0.39, 0.29) is 12.4 Å². The standard InChI is InChI=1S/C18H14F2N4O2S/c19-17(20)26-14-8-6-12(7-9-14)15-11-27-18-22-21-16(24(18)23-15)10-25-13-4-2-1-3-5-13/h1-9,11,17,23H,10H2. The number of hydrogen-bond donors (Lipinski definition) is 1. The van der Waals surface area contributed by atoms with Crippen LogP contribution < -0.4 is 14.9 Å². The molecule has 0 amide bonds. The molecule has 0 bridgehead atoms. The predicted octanol–water partition coefficient (Wildman–Crippen LogP) is 4.11. The lowest BCUT2D eigenvalue weighted by atomic mass is 10.2. The summed E-state index contributed by atoms with van der Waals surface area (Å²) in [6.07, 6.45) is 0. The van der Waals surface area contributed by atoms with E-state index in [0.29, 0.717) is 11.0 Å². The number of aromatic nitrogens is 3. The molecule has 9 heteroatoms. The van der Waals surface area contributed by atoms with E-state index in [1.54, 1.807) is 16.8 Å². The number of hydrogen-bond acceptors (Lipinski definition) is 6. The molecule has 0 atom stereocenters. The Balaban J connectivity index is 1.47. The minimum atomic E-state index is -2.84. The van der Waals surface area contributed by atoms with Crippen molar-refractivity contribution in [2.45, 2.75) is 18.4 Å². The Labute approximate surface area is 157 Å². The number of alkyl halides is 2. The van der Waals surface area contributed by atoms with Crippen LogP contribution in [0.1, 0.15) is 11.4 Å². The first-order chi connectivity index (χ1) is 13.2. The molecule has 0 saturated heterocycles. The number of ether oxygens (including phenoxy) is 2. The van der Waals surface area contributed by atoms with E-state index in [4.69, 9.17) is 4.74 Å². The Bertz CT molecular complexity index is 946. The second-order valence-electron chi connectivity index (χ2n) is 5.50. The molecule has 3 aromatic rings. The van der Waals surface area contributed by atoms with Crippen LogP contribution in [0.5, 0.6) is 11.5 Å². The Morgan fingerprint density at radius 1 is 1.00 bits per heavy atom. The molecule has 1 N–H and O–H groups in total. The molecule has 1 aliphatic rings. The van der Waals surface area contributed by atoms with Crippen molar-refractivity contribution in [3.05, 3.63) is 71.4 Å². The average molecular weight is 388 g/mol. The van der Waals surface area contributed by atoms with Gasteiger partial charge in [0, 0.05) is 11.0 Å². The molecule has 138 valence electrons. The molecule has 2 heterocycles. The van der Waals surface area contributed by atoms with Gasteiger partial charge in [0.1, 0.15) is 18.1 Å². The van der Waals surface area contributed by atoms with E-state index in [1.165, 1.54) is 23.9 Å². The summed E-state index contributed by atoms with van der Waals surface area (Å²) >= 11 is 1.41. The summed E-state index contributed by atoms with van der Waals surface area (Å²) in [6.45, 7) is -2.59. The highest BCUT2D eigenvalue weighted by molar-refractivity contribution is 8.02. The molecule has 0 fully saturated rings. The van der Waals surface area contributed by atoms with E-state index in [1.807, 2.05) is 35.7 Å². The maximum absolute atomic E-state index is 12.3. The first kappa shape index (κ1) is 17.3. The van der Waals surface area contributed by atoms with Crippen molar-refractivity contribution in [1.82, 2.24) is 14.9 Å². The molecule has 1 aromatic heterocycles. The van der Waals surface area contributed by atoms with Crippen molar-refractivity contribution in [2.75, 3.05) is 5.43 Å². The summed E-state index contributed by atoms with van der Waals surface area (Å²) < 4.78 is 36.4. The van der Waals surface area contributed by atoms with Crippen molar-refractivity contribution in [2.24, 2.45) is 0 Å². The average Bonchev–Trinajstić information content (AvgIpc) is 3.09. The van der Waals surface area contributed by atoms with Crippen LogP contribution in [-0.4, -0.2) is 21.5 Å². The number of nitrogens with one attached hydrogen (secondary N) is 1. The normalized spacial score (nSPS) is 12.9. The third kappa shape index (κ3) is 4.03. The molecule has 4 rings (SSSR count). The lowest BCUT2D eigenvalue weighted by Gasteiger charge is -2.19. The number of nitrogens with zero attached hydrogens (tertiary/aromatic N) is 3. The molecule has 2 aromatic carbocycles. The fraction of sp³-hybridized carbons (Fsp3) is 0.111. The van der Waals surface area contributed by atoms with Crippen LogP contribution in [0.3, 0.4) is 0 Å². The largest absolute Gasteiger partial charge is 0.486 e. The zero-order chi connectivity index (χ0) is 18.6. The Hall–Kier alpha value is -3.07. The molecule has 0 spiro atoms. The van der Waals surface area contributed by atoms with Crippen LogP contribution in [0.25, 0.3) is 5.70 Å². The third-order valence-corrected chi connectivity index (χ3v) is 4.55. The topological polar surface area (TPSA) is 61.2 Å². The quantitative estimate of drug-likeness (QED) is 0.686. The van der Waals surface area contributed by atoms with Gasteiger partial charge in [0.15, 0.2) is 5.82 Å². The lowest BCUT2D eigenvalue weighted by molar-refractivity contribution is -0.0498. The van der Waals surface area contributed by atoms with Gasteiger partial charge in [0.25, 0.3) is 0 Å². The van der Waals surface area contributed by atoms with E-state index in [9.17, 15) is 8.78 Å². The fourth-order valence-electron chi connectivity index (χ4n) is 2.45. The predicted molar refractivity (Wildman–Crippen MR) is 97.1 cm³/mol. The number of fused-ring (bicyclic) bond motifs is 1. The molecule has 0 aliphatic carbocycles. The van der Waals surface area contributed by atoms with Crippen molar-refractivity contribution >= 4 is 17.5 Å². The minimum Gasteiger partial charge on any atom is -0.486 e. The van der Waals surface area contributed by atoms with Gasteiger partial charge in [-0.25, -0.2) is 4.68 Å². The van der Waals surface area contributed by atoms with Gasteiger partial charge < -0.3 is 9.47 Å². The van der Waals surface area contributed by atoms with E-state index in [0.717, 1.165) is 17.0 Å². The van der Waals surface area contributed by atoms with Crippen LogP contribution in [0, 0.1) is 0 Å². The second kappa shape index (κ2) is 7.67. The fourth-order valence-corrected chi connectivity index (χ4v) is 3.21. The van der Waals surface area contributed by atoms with Gasteiger partial charge in [-0.15, -0.1) is 10.2 Å². The monoisotopic (exact) mass is 388 g/mol. The highest BCUT2D eigenvalue weighted by Gasteiger charge is 2.19. The van der Waals surface area contributed by atoms with Gasteiger partial charge in [-0.05, 0) is 36.4 Å². The molecule has 1 aliphatic heterocycles. The van der Waals surface area contributed by atoms with E-state index < -0.39 is 6.61 Å². The third-order valence-electron chi connectivity index (χ3n) is 3.72. The summed E-state index contributed by atoms with van der Waals surface area (Å²) in [5.41, 5.74) is 4.83. The van der Waals surface area contributed by atoms with Gasteiger partial charge in [-0.3, -0.25) is 5.43 Å². The second-order valence-corrected chi connectivity index (χ2v) is 6.34. The Kier molecular flexibility index (Phi) is 4.93. The molecule has 0 unspecified atom stereocenters.